The molecule has 1 amide bonds. The number of carbonyl (C=O) groups is 1. The highest BCUT2D eigenvalue weighted by atomic mass is 16.5. The van der Waals surface area contributed by atoms with E-state index in [-0.39, 0.29) is 11.2 Å². The maximum atomic E-state index is 13.0. The summed E-state index contributed by atoms with van der Waals surface area (Å²) in [7, 11) is 1.60. The van der Waals surface area contributed by atoms with Crippen molar-refractivity contribution in [3.8, 4) is 5.75 Å². The van der Waals surface area contributed by atoms with E-state index in [1.54, 1.807) is 31.4 Å². The summed E-state index contributed by atoms with van der Waals surface area (Å²) in [5.74, 6) is 0.244. The first-order valence-electron chi connectivity index (χ1n) is 9.18. The third kappa shape index (κ3) is 3.89. The van der Waals surface area contributed by atoms with Crippen molar-refractivity contribution >= 4 is 16.9 Å². The van der Waals surface area contributed by atoms with E-state index in [0.717, 1.165) is 16.9 Å². The lowest BCUT2D eigenvalue weighted by atomic mass is 9.98. The Morgan fingerprint density at radius 1 is 0.897 bits per heavy atom. The summed E-state index contributed by atoms with van der Waals surface area (Å²) in [6.45, 7) is 0. The topological polar surface area (TPSA) is 68.5 Å². The van der Waals surface area contributed by atoms with E-state index in [4.69, 9.17) is 9.15 Å². The van der Waals surface area contributed by atoms with Gasteiger partial charge in [-0.1, -0.05) is 54.6 Å². The average molecular weight is 385 g/mol. The normalized spacial score (nSPS) is 11.8. The van der Waals surface area contributed by atoms with E-state index < -0.39 is 11.9 Å². The van der Waals surface area contributed by atoms with Crippen molar-refractivity contribution in [3.05, 3.63) is 112 Å². The molecule has 1 unspecified atom stereocenters. The van der Waals surface area contributed by atoms with Gasteiger partial charge in [-0.3, -0.25) is 9.59 Å². The number of fused-ring (bicyclic) bond motifs is 1. The van der Waals surface area contributed by atoms with Crippen LogP contribution in [0.25, 0.3) is 11.0 Å². The van der Waals surface area contributed by atoms with Crippen LogP contribution in [-0.4, -0.2) is 13.0 Å². The molecule has 5 heteroatoms. The monoisotopic (exact) mass is 385 g/mol. The average Bonchev–Trinajstić information content (AvgIpc) is 2.78. The van der Waals surface area contributed by atoms with E-state index in [9.17, 15) is 9.59 Å². The first-order chi connectivity index (χ1) is 14.2. The zero-order chi connectivity index (χ0) is 20.2. The van der Waals surface area contributed by atoms with E-state index in [2.05, 4.69) is 5.32 Å². The van der Waals surface area contributed by atoms with Crippen molar-refractivity contribution in [2.45, 2.75) is 6.04 Å². The smallest absolute Gasteiger partial charge is 0.287 e. The largest absolute Gasteiger partial charge is 0.497 e. The highest BCUT2D eigenvalue weighted by molar-refractivity contribution is 5.93. The van der Waals surface area contributed by atoms with Crippen LogP contribution in [0, 0.1) is 0 Å². The molecule has 1 atom stereocenters. The Balaban J connectivity index is 1.70. The van der Waals surface area contributed by atoms with E-state index >= 15 is 0 Å². The highest BCUT2D eigenvalue weighted by Gasteiger charge is 2.20. The number of methoxy groups -OCH3 is 1. The van der Waals surface area contributed by atoms with Crippen molar-refractivity contribution in [1.82, 2.24) is 5.32 Å². The molecule has 1 aromatic heterocycles. The Morgan fingerprint density at radius 2 is 1.55 bits per heavy atom. The van der Waals surface area contributed by atoms with Crippen LogP contribution in [0.5, 0.6) is 5.75 Å². The summed E-state index contributed by atoms with van der Waals surface area (Å²) in [6, 6.07) is 24.8. The Kier molecular flexibility index (Phi) is 5.12. The van der Waals surface area contributed by atoms with Gasteiger partial charge in [0.2, 0.25) is 0 Å². The minimum absolute atomic E-state index is 0.0249. The fourth-order valence-electron chi connectivity index (χ4n) is 3.22. The van der Waals surface area contributed by atoms with Crippen LogP contribution in [0.4, 0.5) is 0 Å². The second-order valence-corrected chi connectivity index (χ2v) is 6.56. The van der Waals surface area contributed by atoms with Gasteiger partial charge in [0.1, 0.15) is 11.3 Å². The predicted octanol–water partition coefficient (Wildman–Crippen LogP) is 4.32. The molecule has 0 spiro atoms. The third-order valence-corrected chi connectivity index (χ3v) is 4.72. The number of para-hydroxylation sites is 1. The molecule has 0 radical (unpaired) electrons. The van der Waals surface area contributed by atoms with Crippen LogP contribution in [0.1, 0.15) is 27.7 Å². The van der Waals surface area contributed by atoms with Crippen LogP contribution in [0.3, 0.4) is 0 Å². The quantitative estimate of drug-likeness (QED) is 0.555. The Hall–Kier alpha value is -3.86. The van der Waals surface area contributed by atoms with Gasteiger partial charge >= 0.3 is 0 Å². The number of benzene rings is 3. The van der Waals surface area contributed by atoms with Gasteiger partial charge in [0.05, 0.1) is 18.5 Å². The molecule has 0 aliphatic heterocycles. The number of nitrogens with one attached hydrogen (secondary N) is 1. The maximum absolute atomic E-state index is 13.0. The van der Waals surface area contributed by atoms with Crippen LogP contribution in [0.15, 0.2) is 94.1 Å². The number of hydrogen-bond donors (Lipinski definition) is 1. The summed E-state index contributed by atoms with van der Waals surface area (Å²) >= 11 is 0. The van der Waals surface area contributed by atoms with E-state index in [1.807, 2.05) is 54.6 Å². The Bertz CT molecular complexity index is 1200. The summed E-state index contributed by atoms with van der Waals surface area (Å²) in [6.07, 6.45) is 0. The minimum Gasteiger partial charge on any atom is -0.497 e. The first kappa shape index (κ1) is 18.5. The number of ether oxygens (including phenoxy) is 1. The molecule has 29 heavy (non-hydrogen) atoms. The lowest BCUT2D eigenvalue weighted by Gasteiger charge is -2.20. The van der Waals surface area contributed by atoms with Gasteiger partial charge < -0.3 is 14.5 Å². The second kappa shape index (κ2) is 8.02. The summed E-state index contributed by atoms with van der Waals surface area (Å²) in [4.78, 5) is 25.3. The Morgan fingerprint density at radius 3 is 2.28 bits per heavy atom. The fraction of sp³-hybridized carbons (Fsp3) is 0.0833. The molecule has 4 rings (SSSR count). The first-order valence-corrected chi connectivity index (χ1v) is 9.18. The van der Waals surface area contributed by atoms with Crippen LogP contribution in [0.2, 0.25) is 0 Å². The number of carbonyl (C=O) groups excluding carboxylic acids is 1. The highest BCUT2D eigenvalue weighted by Crippen LogP contribution is 2.25. The SMILES string of the molecule is COc1ccc(C(NC(=O)c2cc(=O)c3ccccc3o2)c2ccccc2)cc1. The molecule has 0 aliphatic carbocycles. The molecule has 0 saturated heterocycles. The molecule has 5 nitrogen and oxygen atoms in total. The van der Waals surface area contributed by atoms with E-state index in [0.29, 0.717) is 11.0 Å². The maximum Gasteiger partial charge on any atom is 0.287 e. The molecule has 1 N–H and O–H groups in total. The zero-order valence-electron chi connectivity index (χ0n) is 15.8. The number of rotatable bonds is 5. The number of amides is 1. The van der Waals surface area contributed by atoms with Crippen molar-refractivity contribution in [1.29, 1.82) is 0 Å². The molecule has 0 saturated carbocycles. The van der Waals surface area contributed by atoms with Crippen molar-refractivity contribution in [2.24, 2.45) is 0 Å². The van der Waals surface area contributed by atoms with Gasteiger partial charge in [0.15, 0.2) is 11.2 Å². The minimum atomic E-state index is -0.461. The van der Waals surface area contributed by atoms with Crippen molar-refractivity contribution < 1.29 is 13.9 Å². The predicted molar refractivity (Wildman–Crippen MR) is 111 cm³/mol. The standard InChI is InChI=1S/C24H19NO4/c1-28-18-13-11-17(12-14-18)23(16-7-3-2-4-8-16)25-24(27)22-15-20(26)19-9-5-6-10-21(19)29-22/h2-15,23H,1H3,(H,25,27). The van der Waals surface area contributed by atoms with Crippen LogP contribution >= 0.6 is 0 Å². The van der Waals surface area contributed by atoms with Crippen molar-refractivity contribution in [2.75, 3.05) is 7.11 Å². The Labute approximate surface area is 167 Å². The van der Waals surface area contributed by atoms with Crippen molar-refractivity contribution in [3.63, 3.8) is 0 Å². The van der Waals surface area contributed by atoms with Gasteiger partial charge in [-0.25, -0.2) is 0 Å². The molecule has 4 aromatic rings. The lowest BCUT2D eigenvalue weighted by molar-refractivity contribution is 0.0915. The molecule has 0 aliphatic rings. The lowest BCUT2D eigenvalue weighted by Crippen LogP contribution is -2.30. The molecular formula is C24H19NO4. The fourth-order valence-corrected chi connectivity index (χ4v) is 3.22. The number of hydrogen-bond acceptors (Lipinski definition) is 4. The molecule has 1 heterocycles. The van der Waals surface area contributed by atoms with E-state index in [1.165, 1.54) is 6.07 Å². The van der Waals surface area contributed by atoms with Crippen LogP contribution in [-0.2, 0) is 0 Å². The van der Waals surface area contributed by atoms with Gasteiger partial charge in [0.25, 0.3) is 5.91 Å². The third-order valence-electron chi connectivity index (χ3n) is 4.72. The van der Waals surface area contributed by atoms with Gasteiger partial charge in [-0.15, -0.1) is 0 Å². The molecule has 0 bridgehead atoms. The molecule has 3 aromatic carbocycles. The van der Waals surface area contributed by atoms with Gasteiger partial charge in [0, 0.05) is 6.07 Å². The zero-order valence-corrected chi connectivity index (χ0v) is 15.8. The van der Waals surface area contributed by atoms with Gasteiger partial charge in [-0.2, -0.15) is 0 Å². The van der Waals surface area contributed by atoms with Crippen LogP contribution < -0.4 is 15.5 Å². The molecular weight excluding hydrogens is 366 g/mol. The summed E-state index contributed by atoms with van der Waals surface area (Å²) < 4.78 is 10.9. The molecule has 144 valence electrons. The second-order valence-electron chi connectivity index (χ2n) is 6.56. The molecule has 0 fully saturated rings. The summed E-state index contributed by atoms with van der Waals surface area (Å²) in [5.41, 5.74) is 1.92. The summed E-state index contributed by atoms with van der Waals surface area (Å²) in [5, 5.41) is 3.43. The van der Waals surface area contributed by atoms with Gasteiger partial charge in [-0.05, 0) is 35.4 Å².